The summed E-state index contributed by atoms with van der Waals surface area (Å²) >= 11 is 0. The van der Waals surface area contributed by atoms with Crippen molar-refractivity contribution in [3.8, 4) is 0 Å². The summed E-state index contributed by atoms with van der Waals surface area (Å²) in [5.74, 6) is 0.248. The Morgan fingerprint density at radius 1 is 1.38 bits per heavy atom. The molecule has 1 N–H and O–H groups in total. The summed E-state index contributed by atoms with van der Waals surface area (Å²) in [5.41, 5.74) is 0. The first-order valence-electron chi connectivity index (χ1n) is 5.01. The average Bonchev–Trinajstić information content (AvgIpc) is 2.04. The number of hydrogen-bond acceptors (Lipinski definition) is 3. The van der Waals surface area contributed by atoms with Gasteiger partial charge in [0.2, 0.25) is 0 Å². The van der Waals surface area contributed by atoms with Gasteiger partial charge in [-0.2, -0.15) is 0 Å². The van der Waals surface area contributed by atoms with Crippen LogP contribution in [0.2, 0.25) is 0 Å². The van der Waals surface area contributed by atoms with Crippen LogP contribution in [-0.2, 0) is 9.47 Å². The standard InChI is InChI=1S/C10H21NO2/c1-8(2)5-10(3)12-6-9(11-4)7-13-10/h8-9,11H,5-7H2,1-4H3. The Morgan fingerprint density at radius 2 is 1.92 bits per heavy atom. The predicted molar refractivity (Wildman–Crippen MR) is 52.6 cm³/mol. The number of nitrogens with one attached hydrogen (secondary N) is 1. The second-order valence-electron chi connectivity index (χ2n) is 4.34. The highest BCUT2D eigenvalue weighted by atomic mass is 16.7. The molecule has 0 spiro atoms. The molecule has 0 amide bonds. The molecule has 3 nitrogen and oxygen atoms in total. The van der Waals surface area contributed by atoms with Gasteiger partial charge in [-0.05, 0) is 19.9 Å². The van der Waals surface area contributed by atoms with Crippen molar-refractivity contribution >= 4 is 0 Å². The molecule has 0 aromatic carbocycles. The summed E-state index contributed by atoms with van der Waals surface area (Å²) in [7, 11) is 1.93. The molecular formula is C10H21NO2. The molecule has 0 unspecified atom stereocenters. The number of hydrogen-bond donors (Lipinski definition) is 1. The molecule has 0 atom stereocenters. The van der Waals surface area contributed by atoms with Crippen LogP contribution in [0.1, 0.15) is 27.2 Å². The Labute approximate surface area is 80.8 Å². The second-order valence-corrected chi connectivity index (χ2v) is 4.34. The minimum Gasteiger partial charge on any atom is -0.349 e. The maximum Gasteiger partial charge on any atom is 0.165 e. The summed E-state index contributed by atoms with van der Waals surface area (Å²) in [6, 6.07) is 0.347. The third kappa shape index (κ3) is 3.25. The van der Waals surface area contributed by atoms with Gasteiger partial charge in [-0.25, -0.2) is 0 Å². The molecule has 0 saturated carbocycles. The zero-order valence-electron chi connectivity index (χ0n) is 9.09. The molecule has 1 aliphatic rings. The topological polar surface area (TPSA) is 30.5 Å². The maximum atomic E-state index is 5.70. The highest BCUT2D eigenvalue weighted by Gasteiger charge is 2.32. The van der Waals surface area contributed by atoms with Crippen LogP contribution < -0.4 is 5.32 Å². The Morgan fingerprint density at radius 3 is 2.31 bits per heavy atom. The van der Waals surface area contributed by atoms with E-state index >= 15 is 0 Å². The summed E-state index contributed by atoms with van der Waals surface area (Å²) in [6.07, 6.45) is 0.962. The van der Waals surface area contributed by atoms with Gasteiger partial charge >= 0.3 is 0 Å². The molecule has 1 aliphatic heterocycles. The Bertz CT molecular complexity index is 151. The molecule has 13 heavy (non-hydrogen) atoms. The van der Waals surface area contributed by atoms with Crippen LogP contribution in [-0.4, -0.2) is 32.1 Å². The Hall–Kier alpha value is -0.120. The molecule has 1 saturated heterocycles. The molecule has 1 rings (SSSR count). The van der Waals surface area contributed by atoms with E-state index in [1.807, 2.05) is 14.0 Å². The lowest BCUT2D eigenvalue weighted by atomic mass is 10.0. The second kappa shape index (κ2) is 4.40. The molecule has 1 heterocycles. The minimum absolute atomic E-state index is 0.347. The van der Waals surface area contributed by atoms with Gasteiger partial charge < -0.3 is 14.8 Å². The lowest BCUT2D eigenvalue weighted by molar-refractivity contribution is -0.270. The fourth-order valence-corrected chi connectivity index (χ4v) is 1.67. The molecule has 3 heteroatoms. The molecule has 0 radical (unpaired) electrons. The van der Waals surface area contributed by atoms with Gasteiger partial charge in [0.25, 0.3) is 0 Å². The van der Waals surface area contributed by atoms with Crippen molar-refractivity contribution in [3.05, 3.63) is 0 Å². The van der Waals surface area contributed by atoms with E-state index in [9.17, 15) is 0 Å². The normalized spacial score (nSPS) is 35.3. The lowest BCUT2D eigenvalue weighted by Crippen LogP contribution is -2.49. The van der Waals surface area contributed by atoms with Crippen LogP contribution in [0.5, 0.6) is 0 Å². The fraction of sp³-hybridized carbons (Fsp3) is 1.00. The van der Waals surface area contributed by atoms with E-state index in [2.05, 4.69) is 19.2 Å². The van der Waals surface area contributed by atoms with Gasteiger partial charge in [-0.15, -0.1) is 0 Å². The average molecular weight is 187 g/mol. The fourth-order valence-electron chi connectivity index (χ4n) is 1.67. The van der Waals surface area contributed by atoms with Gasteiger partial charge in [0.15, 0.2) is 5.79 Å². The van der Waals surface area contributed by atoms with Crippen LogP contribution in [0.15, 0.2) is 0 Å². The summed E-state index contributed by atoms with van der Waals surface area (Å²) in [5, 5.41) is 3.14. The highest BCUT2D eigenvalue weighted by Crippen LogP contribution is 2.25. The van der Waals surface area contributed by atoms with Crippen LogP contribution in [0.4, 0.5) is 0 Å². The minimum atomic E-state index is -0.360. The zero-order chi connectivity index (χ0) is 9.90. The molecule has 0 aromatic rings. The van der Waals surface area contributed by atoms with Gasteiger partial charge in [0.1, 0.15) is 0 Å². The van der Waals surface area contributed by atoms with Crippen LogP contribution in [0.25, 0.3) is 0 Å². The Kier molecular flexibility index (Phi) is 3.71. The van der Waals surface area contributed by atoms with E-state index in [1.165, 1.54) is 0 Å². The van der Waals surface area contributed by atoms with Gasteiger partial charge in [0.05, 0.1) is 19.3 Å². The first-order valence-corrected chi connectivity index (χ1v) is 5.01. The van der Waals surface area contributed by atoms with Gasteiger partial charge in [-0.1, -0.05) is 13.8 Å². The van der Waals surface area contributed by atoms with E-state index in [1.54, 1.807) is 0 Å². The number of ether oxygens (including phenoxy) is 2. The molecule has 78 valence electrons. The largest absolute Gasteiger partial charge is 0.349 e. The van der Waals surface area contributed by atoms with Crippen molar-refractivity contribution in [1.29, 1.82) is 0 Å². The quantitative estimate of drug-likeness (QED) is 0.724. The van der Waals surface area contributed by atoms with Crippen LogP contribution in [0.3, 0.4) is 0 Å². The van der Waals surface area contributed by atoms with Gasteiger partial charge in [-0.3, -0.25) is 0 Å². The van der Waals surface area contributed by atoms with Crippen molar-refractivity contribution < 1.29 is 9.47 Å². The number of rotatable bonds is 3. The first kappa shape index (κ1) is 11.0. The van der Waals surface area contributed by atoms with Gasteiger partial charge in [0, 0.05) is 6.42 Å². The third-order valence-electron chi connectivity index (χ3n) is 2.37. The van der Waals surface area contributed by atoms with Crippen molar-refractivity contribution in [2.75, 3.05) is 20.3 Å². The predicted octanol–water partition coefficient (Wildman–Crippen LogP) is 1.38. The molecule has 0 aliphatic carbocycles. The van der Waals surface area contributed by atoms with Crippen molar-refractivity contribution in [2.24, 2.45) is 5.92 Å². The van der Waals surface area contributed by atoms with E-state index in [0.29, 0.717) is 12.0 Å². The van der Waals surface area contributed by atoms with Crippen LogP contribution in [0, 0.1) is 5.92 Å². The lowest BCUT2D eigenvalue weighted by Gasteiger charge is -2.38. The SMILES string of the molecule is CNC1COC(C)(CC(C)C)OC1. The first-order chi connectivity index (χ1) is 6.06. The van der Waals surface area contributed by atoms with Crippen LogP contribution >= 0.6 is 0 Å². The van der Waals surface area contributed by atoms with E-state index < -0.39 is 0 Å². The molecule has 1 fully saturated rings. The van der Waals surface area contributed by atoms with E-state index in [0.717, 1.165) is 19.6 Å². The van der Waals surface area contributed by atoms with Crippen molar-refractivity contribution in [2.45, 2.75) is 39.0 Å². The maximum absolute atomic E-state index is 5.70. The highest BCUT2D eigenvalue weighted by molar-refractivity contribution is 4.75. The van der Waals surface area contributed by atoms with Crippen molar-refractivity contribution in [3.63, 3.8) is 0 Å². The Balaban J connectivity index is 2.37. The molecular weight excluding hydrogens is 166 g/mol. The van der Waals surface area contributed by atoms with E-state index in [-0.39, 0.29) is 5.79 Å². The zero-order valence-corrected chi connectivity index (χ0v) is 9.09. The van der Waals surface area contributed by atoms with E-state index in [4.69, 9.17) is 9.47 Å². The smallest absolute Gasteiger partial charge is 0.165 e. The molecule has 0 aromatic heterocycles. The number of likely N-dealkylation sites (N-methyl/N-ethyl adjacent to an activating group) is 1. The molecule has 0 bridgehead atoms. The summed E-state index contributed by atoms with van der Waals surface area (Å²) < 4.78 is 11.4. The third-order valence-corrected chi connectivity index (χ3v) is 2.37. The van der Waals surface area contributed by atoms with Crippen molar-refractivity contribution in [1.82, 2.24) is 5.32 Å². The summed E-state index contributed by atoms with van der Waals surface area (Å²) in [4.78, 5) is 0. The summed E-state index contributed by atoms with van der Waals surface area (Å²) in [6.45, 7) is 7.89. The monoisotopic (exact) mass is 187 g/mol.